The van der Waals surface area contributed by atoms with E-state index in [0.717, 1.165) is 29.1 Å². The van der Waals surface area contributed by atoms with Crippen LogP contribution in [-0.2, 0) is 6.42 Å². The van der Waals surface area contributed by atoms with Crippen molar-refractivity contribution in [3.8, 4) is 5.75 Å². The largest absolute Gasteiger partial charge is 0.496 e. The van der Waals surface area contributed by atoms with Crippen LogP contribution in [0.25, 0.3) is 0 Å². The molecular weight excluding hydrogens is 228 g/mol. The lowest BCUT2D eigenvalue weighted by Gasteiger charge is -2.16. The molecule has 0 aliphatic carbocycles. The van der Waals surface area contributed by atoms with Gasteiger partial charge in [-0.15, -0.1) is 0 Å². The summed E-state index contributed by atoms with van der Waals surface area (Å²) in [6.45, 7) is 2.02. The van der Waals surface area contributed by atoms with Gasteiger partial charge in [-0.3, -0.25) is 11.3 Å². The first kappa shape index (κ1) is 12.7. The average molecular weight is 246 g/mol. The standard InChI is InChI=1S/C14H18N2O2/c1-10-8-11(5-6-14(10)17-2)13(16-15)9-12-4-3-7-18-12/h3-8,13,16H,9,15H2,1-2H3. The van der Waals surface area contributed by atoms with Crippen molar-refractivity contribution >= 4 is 0 Å². The van der Waals surface area contributed by atoms with Gasteiger partial charge in [0.2, 0.25) is 0 Å². The molecular formula is C14H18N2O2. The molecule has 0 spiro atoms. The van der Waals surface area contributed by atoms with E-state index >= 15 is 0 Å². The van der Waals surface area contributed by atoms with Gasteiger partial charge in [0.25, 0.3) is 0 Å². The number of methoxy groups -OCH3 is 1. The molecule has 1 heterocycles. The van der Waals surface area contributed by atoms with Crippen molar-refractivity contribution in [2.24, 2.45) is 5.84 Å². The number of hydrogen-bond acceptors (Lipinski definition) is 4. The summed E-state index contributed by atoms with van der Waals surface area (Å²) in [5, 5.41) is 0. The van der Waals surface area contributed by atoms with E-state index in [1.54, 1.807) is 13.4 Å². The SMILES string of the molecule is COc1ccc(C(Cc2ccco2)NN)cc1C. The third-order valence-corrected chi connectivity index (χ3v) is 3.01. The van der Waals surface area contributed by atoms with Gasteiger partial charge in [0, 0.05) is 6.42 Å². The molecule has 1 aromatic carbocycles. The van der Waals surface area contributed by atoms with Crippen LogP contribution in [0.5, 0.6) is 5.75 Å². The van der Waals surface area contributed by atoms with E-state index in [2.05, 4.69) is 11.5 Å². The molecule has 18 heavy (non-hydrogen) atoms. The van der Waals surface area contributed by atoms with Gasteiger partial charge in [-0.2, -0.15) is 0 Å². The number of rotatable bonds is 5. The number of benzene rings is 1. The molecule has 0 bridgehead atoms. The Morgan fingerprint density at radius 1 is 1.39 bits per heavy atom. The summed E-state index contributed by atoms with van der Waals surface area (Å²) in [5.41, 5.74) is 5.03. The fourth-order valence-electron chi connectivity index (χ4n) is 2.02. The summed E-state index contributed by atoms with van der Waals surface area (Å²) < 4.78 is 10.6. The summed E-state index contributed by atoms with van der Waals surface area (Å²) in [6.07, 6.45) is 2.39. The lowest BCUT2D eigenvalue weighted by Crippen LogP contribution is -2.29. The molecule has 0 aliphatic heterocycles. The lowest BCUT2D eigenvalue weighted by atomic mass is 10.0. The predicted molar refractivity (Wildman–Crippen MR) is 70.2 cm³/mol. The average Bonchev–Trinajstić information content (AvgIpc) is 2.88. The zero-order valence-corrected chi connectivity index (χ0v) is 10.6. The highest BCUT2D eigenvalue weighted by atomic mass is 16.5. The van der Waals surface area contributed by atoms with Gasteiger partial charge in [0.1, 0.15) is 11.5 Å². The summed E-state index contributed by atoms with van der Waals surface area (Å²) in [4.78, 5) is 0. The highest BCUT2D eigenvalue weighted by Gasteiger charge is 2.13. The molecule has 0 aliphatic rings. The first-order valence-corrected chi connectivity index (χ1v) is 5.87. The van der Waals surface area contributed by atoms with Crippen LogP contribution in [-0.4, -0.2) is 7.11 Å². The molecule has 0 saturated carbocycles. The van der Waals surface area contributed by atoms with Gasteiger partial charge < -0.3 is 9.15 Å². The molecule has 2 aromatic rings. The Morgan fingerprint density at radius 3 is 2.78 bits per heavy atom. The van der Waals surface area contributed by atoms with Crippen molar-refractivity contribution < 1.29 is 9.15 Å². The maximum absolute atomic E-state index is 5.62. The minimum absolute atomic E-state index is 0.0285. The van der Waals surface area contributed by atoms with Gasteiger partial charge in [0.15, 0.2) is 0 Å². The number of nitrogens with two attached hydrogens (primary N) is 1. The summed E-state index contributed by atoms with van der Waals surface area (Å²) in [7, 11) is 1.67. The van der Waals surface area contributed by atoms with Crippen LogP contribution in [0.15, 0.2) is 41.0 Å². The van der Waals surface area contributed by atoms with Crippen LogP contribution in [0.1, 0.15) is 22.9 Å². The second-order valence-corrected chi connectivity index (χ2v) is 4.23. The lowest BCUT2D eigenvalue weighted by molar-refractivity contribution is 0.410. The molecule has 3 N–H and O–H groups in total. The number of nitrogens with one attached hydrogen (secondary N) is 1. The van der Waals surface area contributed by atoms with E-state index in [4.69, 9.17) is 15.0 Å². The second kappa shape index (κ2) is 5.71. The second-order valence-electron chi connectivity index (χ2n) is 4.23. The van der Waals surface area contributed by atoms with Crippen molar-refractivity contribution in [3.63, 3.8) is 0 Å². The van der Waals surface area contributed by atoms with Crippen LogP contribution >= 0.6 is 0 Å². The van der Waals surface area contributed by atoms with Crippen molar-refractivity contribution in [1.29, 1.82) is 0 Å². The molecule has 1 aromatic heterocycles. The normalized spacial score (nSPS) is 12.4. The molecule has 1 unspecified atom stereocenters. The molecule has 0 saturated heterocycles. The van der Waals surface area contributed by atoms with Crippen molar-refractivity contribution in [2.75, 3.05) is 7.11 Å². The van der Waals surface area contributed by atoms with E-state index in [0.29, 0.717) is 0 Å². The van der Waals surface area contributed by atoms with Crippen LogP contribution in [0.3, 0.4) is 0 Å². The van der Waals surface area contributed by atoms with Crippen LogP contribution in [0, 0.1) is 6.92 Å². The topological polar surface area (TPSA) is 60.4 Å². The Kier molecular flexibility index (Phi) is 4.02. The quantitative estimate of drug-likeness (QED) is 0.628. The molecule has 0 radical (unpaired) electrons. The number of hydrazine groups is 1. The number of furan rings is 1. The highest BCUT2D eigenvalue weighted by Crippen LogP contribution is 2.24. The Labute approximate surface area is 107 Å². The Morgan fingerprint density at radius 2 is 2.22 bits per heavy atom. The molecule has 4 nitrogen and oxygen atoms in total. The monoisotopic (exact) mass is 246 g/mol. The highest BCUT2D eigenvalue weighted by molar-refractivity contribution is 5.37. The summed E-state index contributed by atoms with van der Waals surface area (Å²) in [6, 6.07) is 9.90. The van der Waals surface area contributed by atoms with Crippen LogP contribution in [0.2, 0.25) is 0 Å². The van der Waals surface area contributed by atoms with Crippen molar-refractivity contribution in [2.45, 2.75) is 19.4 Å². The maximum atomic E-state index is 5.62. The summed E-state index contributed by atoms with van der Waals surface area (Å²) in [5.74, 6) is 7.41. The fourth-order valence-corrected chi connectivity index (χ4v) is 2.02. The van der Waals surface area contributed by atoms with Crippen LogP contribution in [0.4, 0.5) is 0 Å². The van der Waals surface area contributed by atoms with Crippen molar-refractivity contribution in [3.05, 3.63) is 53.5 Å². The van der Waals surface area contributed by atoms with Gasteiger partial charge in [0.05, 0.1) is 19.4 Å². The van der Waals surface area contributed by atoms with Gasteiger partial charge >= 0.3 is 0 Å². The smallest absolute Gasteiger partial charge is 0.121 e. The maximum Gasteiger partial charge on any atom is 0.121 e. The number of hydrogen-bond donors (Lipinski definition) is 2. The summed E-state index contributed by atoms with van der Waals surface area (Å²) >= 11 is 0. The Bertz CT molecular complexity index is 495. The van der Waals surface area contributed by atoms with E-state index in [1.165, 1.54) is 0 Å². The number of aryl methyl sites for hydroxylation is 1. The van der Waals surface area contributed by atoms with E-state index in [-0.39, 0.29) is 6.04 Å². The minimum atomic E-state index is 0.0285. The van der Waals surface area contributed by atoms with Gasteiger partial charge in [-0.1, -0.05) is 12.1 Å². The zero-order chi connectivity index (χ0) is 13.0. The van der Waals surface area contributed by atoms with Crippen molar-refractivity contribution in [1.82, 2.24) is 5.43 Å². The van der Waals surface area contributed by atoms with Crippen LogP contribution < -0.4 is 16.0 Å². The first-order valence-electron chi connectivity index (χ1n) is 5.87. The third-order valence-electron chi connectivity index (χ3n) is 3.01. The Balaban J connectivity index is 2.19. The molecule has 96 valence electrons. The molecule has 4 heteroatoms. The zero-order valence-electron chi connectivity index (χ0n) is 10.6. The molecule has 2 rings (SSSR count). The Hall–Kier alpha value is -1.78. The van der Waals surface area contributed by atoms with Gasteiger partial charge in [-0.05, 0) is 36.2 Å². The molecule has 0 fully saturated rings. The molecule has 1 atom stereocenters. The predicted octanol–water partition coefficient (Wildman–Crippen LogP) is 2.34. The van der Waals surface area contributed by atoms with E-state index < -0.39 is 0 Å². The first-order chi connectivity index (χ1) is 8.74. The van der Waals surface area contributed by atoms with E-state index in [9.17, 15) is 0 Å². The van der Waals surface area contributed by atoms with E-state index in [1.807, 2.05) is 31.2 Å². The number of ether oxygens (including phenoxy) is 1. The fraction of sp³-hybridized carbons (Fsp3) is 0.286. The molecule has 0 amide bonds. The van der Waals surface area contributed by atoms with Gasteiger partial charge in [-0.25, -0.2) is 0 Å². The minimum Gasteiger partial charge on any atom is -0.496 e. The third kappa shape index (κ3) is 2.72.